The van der Waals surface area contributed by atoms with Crippen molar-refractivity contribution in [3.8, 4) is 0 Å². The fourth-order valence-electron chi connectivity index (χ4n) is 11.7. The number of carbonyl (C=O) groups excluding carboxylic acids is 4. The van der Waals surface area contributed by atoms with Crippen molar-refractivity contribution < 1.29 is 80.2 Å². The van der Waals surface area contributed by atoms with Crippen LogP contribution in [0.25, 0.3) is 0 Å². The molecule has 2 unspecified atom stereocenters. The van der Waals surface area contributed by atoms with E-state index >= 15 is 0 Å². The Kier molecular flexibility index (Phi) is 71.0. The Hall–Kier alpha value is -2.46. The molecule has 0 amide bonds. The quantitative estimate of drug-likeness (QED) is 0.0169. The summed E-state index contributed by atoms with van der Waals surface area (Å²) in [5.41, 5.74) is 0. The molecule has 0 fully saturated rings. The molecule has 0 bridgehead atoms. The highest BCUT2D eigenvalue weighted by atomic mass is 31.2. The van der Waals surface area contributed by atoms with Gasteiger partial charge in [-0.1, -0.05) is 322 Å². The van der Waals surface area contributed by atoms with Gasteiger partial charge in [-0.15, -0.1) is 0 Å². The molecule has 0 aliphatic carbocycles. The third-order valence-corrected chi connectivity index (χ3v) is 19.8. The molecule has 0 heterocycles. The van der Waals surface area contributed by atoms with Crippen molar-refractivity contribution in [1.29, 1.82) is 0 Å². The monoisotopic (exact) mass is 1430 g/mol. The fraction of sp³-hybridized carbons (Fsp3) is 0.899. The van der Waals surface area contributed by atoms with Crippen molar-refractivity contribution in [3.63, 3.8) is 0 Å². The van der Waals surface area contributed by atoms with Gasteiger partial charge >= 0.3 is 39.5 Å². The van der Waals surface area contributed by atoms with Gasteiger partial charge in [-0.05, 0) is 77.0 Å². The molecule has 0 aromatic carbocycles. The number of rotatable bonds is 78. The van der Waals surface area contributed by atoms with Gasteiger partial charge in [0.05, 0.1) is 26.4 Å². The number of hydrogen-bond donors (Lipinski definition) is 3. The standard InChI is InChI=1S/C79H150O17P2/c1-5-9-13-17-21-25-29-33-36-40-44-48-52-56-60-64-77(82)90-70-75(96-79(84)66-62-58-54-50-46-42-38-35-31-27-23-19-15-11-7-3)72-94-98(87,88)92-68-73(80)67-91-97(85,86)93-71-74(69-89-76(81)63-59-55-51-47-43-39-32-28-24-20-16-12-8-4)95-78(83)65-61-57-53-49-45-41-37-34-30-26-22-18-14-10-6-2/h33-34,36-37,73-75,80H,5-32,35,38-72H2,1-4H3,(H,85,86)(H,87,88)/b36-33-,37-34-/t73-,74+,75+/m0/s1. The van der Waals surface area contributed by atoms with Crippen molar-refractivity contribution in [2.75, 3.05) is 39.6 Å². The maximum Gasteiger partial charge on any atom is 0.472 e. The van der Waals surface area contributed by atoms with Crippen molar-refractivity contribution in [2.24, 2.45) is 0 Å². The first kappa shape index (κ1) is 95.5. The molecule has 0 spiro atoms. The van der Waals surface area contributed by atoms with Gasteiger partial charge in [0, 0.05) is 25.7 Å². The number of allylic oxidation sites excluding steroid dienone is 4. The Bertz CT molecular complexity index is 1950. The lowest BCUT2D eigenvalue weighted by atomic mass is 10.0. The molecule has 0 radical (unpaired) electrons. The van der Waals surface area contributed by atoms with E-state index in [2.05, 4.69) is 52.0 Å². The summed E-state index contributed by atoms with van der Waals surface area (Å²) in [6.07, 6.45) is 67.2. The van der Waals surface area contributed by atoms with E-state index in [1.54, 1.807) is 0 Å². The topological polar surface area (TPSA) is 237 Å². The van der Waals surface area contributed by atoms with E-state index in [0.717, 1.165) is 122 Å². The Labute approximate surface area is 599 Å². The highest BCUT2D eigenvalue weighted by molar-refractivity contribution is 7.47. The minimum absolute atomic E-state index is 0.0938. The van der Waals surface area contributed by atoms with Gasteiger partial charge in [0.1, 0.15) is 19.3 Å². The molecular formula is C79H150O17P2. The lowest BCUT2D eigenvalue weighted by Crippen LogP contribution is -2.30. The van der Waals surface area contributed by atoms with Crippen molar-refractivity contribution >= 4 is 39.5 Å². The zero-order chi connectivity index (χ0) is 71.8. The van der Waals surface area contributed by atoms with E-state index in [4.69, 9.17) is 37.0 Å². The van der Waals surface area contributed by atoms with Crippen LogP contribution in [0, 0.1) is 0 Å². The number of esters is 4. The minimum atomic E-state index is -4.96. The third kappa shape index (κ3) is 71.9. The lowest BCUT2D eigenvalue weighted by Gasteiger charge is -2.21. The molecule has 0 saturated heterocycles. The summed E-state index contributed by atoms with van der Waals surface area (Å²) in [7, 11) is -9.93. The number of ether oxygens (including phenoxy) is 4. The SMILES string of the molecule is CCCCCCCC/C=C\CCCCCCCC(=O)OC[C@H](COP(=O)(O)OC[C@@H](O)COP(=O)(O)OC[C@@H](COC(=O)CCCCCCCCCCCCCCC)OC(=O)CCCCCCC/C=C\CCCCCCCC)OC(=O)CCCCCCCCCCCCCCCCC. The second-order valence-electron chi connectivity index (χ2n) is 27.7. The second kappa shape index (κ2) is 72.9. The molecule has 0 rings (SSSR count). The molecule has 5 atom stereocenters. The van der Waals surface area contributed by atoms with Crippen LogP contribution >= 0.6 is 15.6 Å². The van der Waals surface area contributed by atoms with Gasteiger partial charge in [0.25, 0.3) is 0 Å². The average molecular weight is 1430 g/mol. The average Bonchev–Trinajstić information content (AvgIpc) is 1.04. The summed E-state index contributed by atoms with van der Waals surface area (Å²) in [5.74, 6) is -2.14. The molecule has 17 nitrogen and oxygen atoms in total. The summed E-state index contributed by atoms with van der Waals surface area (Å²) >= 11 is 0. The molecule has 0 aliphatic heterocycles. The van der Waals surface area contributed by atoms with Gasteiger partial charge in [-0.2, -0.15) is 0 Å². The van der Waals surface area contributed by atoms with Crippen LogP contribution in [0.5, 0.6) is 0 Å². The van der Waals surface area contributed by atoms with E-state index in [1.165, 1.54) is 199 Å². The summed E-state index contributed by atoms with van der Waals surface area (Å²) in [4.78, 5) is 73.0. The zero-order valence-corrected chi connectivity index (χ0v) is 65.0. The van der Waals surface area contributed by atoms with Crippen LogP contribution in [0.3, 0.4) is 0 Å². The van der Waals surface area contributed by atoms with E-state index < -0.39 is 97.5 Å². The maximum absolute atomic E-state index is 13.1. The number of unbranched alkanes of at least 4 members (excludes halogenated alkanes) is 48. The largest absolute Gasteiger partial charge is 0.472 e. The molecule has 98 heavy (non-hydrogen) atoms. The number of hydrogen-bond acceptors (Lipinski definition) is 15. The number of phosphoric acid groups is 2. The fourth-order valence-corrected chi connectivity index (χ4v) is 13.3. The van der Waals surface area contributed by atoms with Crippen molar-refractivity contribution in [1.82, 2.24) is 0 Å². The van der Waals surface area contributed by atoms with Crippen LogP contribution in [-0.4, -0.2) is 96.7 Å². The summed E-state index contributed by atoms with van der Waals surface area (Å²) in [6, 6.07) is 0. The van der Waals surface area contributed by atoms with Crippen molar-refractivity contribution in [3.05, 3.63) is 24.3 Å². The summed E-state index contributed by atoms with van der Waals surface area (Å²) in [6.45, 7) is 4.96. The number of aliphatic hydroxyl groups is 1. The molecule has 578 valence electrons. The van der Waals surface area contributed by atoms with Crippen LogP contribution in [-0.2, 0) is 65.4 Å². The molecule has 0 aromatic rings. The molecule has 0 saturated carbocycles. The Balaban J connectivity index is 5.30. The molecule has 19 heteroatoms. The van der Waals surface area contributed by atoms with E-state index in [9.17, 15) is 43.2 Å². The Morgan fingerprint density at radius 1 is 0.276 bits per heavy atom. The molecule has 0 aliphatic rings. The number of phosphoric ester groups is 2. The van der Waals surface area contributed by atoms with E-state index in [0.29, 0.717) is 25.7 Å². The maximum atomic E-state index is 13.1. The van der Waals surface area contributed by atoms with Crippen LogP contribution in [0.4, 0.5) is 0 Å². The van der Waals surface area contributed by atoms with Gasteiger partial charge in [-0.25, -0.2) is 9.13 Å². The normalized spacial score (nSPS) is 14.0. The van der Waals surface area contributed by atoms with Crippen LogP contribution in [0.2, 0.25) is 0 Å². The van der Waals surface area contributed by atoms with Gasteiger partial charge in [0.2, 0.25) is 0 Å². The van der Waals surface area contributed by atoms with Gasteiger partial charge in [0.15, 0.2) is 12.2 Å². The predicted octanol–water partition coefficient (Wildman–Crippen LogP) is 23.3. The highest BCUT2D eigenvalue weighted by Crippen LogP contribution is 2.45. The first-order valence-corrected chi connectivity index (χ1v) is 43.6. The first-order chi connectivity index (χ1) is 47.7. The summed E-state index contributed by atoms with van der Waals surface area (Å²) in [5, 5.41) is 10.6. The molecule has 3 N–H and O–H groups in total. The van der Waals surface area contributed by atoms with Gasteiger partial charge < -0.3 is 33.8 Å². The van der Waals surface area contributed by atoms with Gasteiger partial charge in [-0.3, -0.25) is 37.3 Å². The third-order valence-electron chi connectivity index (χ3n) is 17.9. The lowest BCUT2D eigenvalue weighted by molar-refractivity contribution is -0.161. The van der Waals surface area contributed by atoms with E-state index in [-0.39, 0.29) is 25.7 Å². The van der Waals surface area contributed by atoms with Crippen LogP contribution < -0.4 is 0 Å². The van der Waals surface area contributed by atoms with E-state index in [1.807, 2.05) is 0 Å². The zero-order valence-electron chi connectivity index (χ0n) is 63.2. The minimum Gasteiger partial charge on any atom is -0.462 e. The highest BCUT2D eigenvalue weighted by Gasteiger charge is 2.30. The second-order valence-corrected chi connectivity index (χ2v) is 30.6. The van der Waals surface area contributed by atoms with Crippen LogP contribution in [0.1, 0.15) is 400 Å². The Morgan fingerprint density at radius 2 is 0.469 bits per heavy atom. The molecular weight excluding hydrogens is 1280 g/mol. The smallest absolute Gasteiger partial charge is 0.462 e. The summed E-state index contributed by atoms with van der Waals surface area (Å²) < 4.78 is 68.6. The van der Waals surface area contributed by atoms with Crippen molar-refractivity contribution in [2.45, 2.75) is 418 Å². The first-order valence-electron chi connectivity index (χ1n) is 40.6. The molecule has 0 aromatic heterocycles. The number of aliphatic hydroxyl groups excluding tert-OH is 1. The Morgan fingerprint density at radius 3 is 0.704 bits per heavy atom. The number of carbonyl (C=O) groups is 4. The predicted molar refractivity (Wildman–Crippen MR) is 400 cm³/mol. The van der Waals surface area contributed by atoms with Crippen LogP contribution in [0.15, 0.2) is 24.3 Å².